The van der Waals surface area contributed by atoms with Crippen LogP contribution in [0.25, 0.3) is 0 Å². The number of hydrogen-bond acceptors (Lipinski definition) is 2. The van der Waals surface area contributed by atoms with E-state index in [1.165, 1.54) is 0 Å². The van der Waals surface area contributed by atoms with Gasteiger partial charge in [0, 0.05) is 0 Å². The van der Waals surface area contributed by atoms with E-state index in [1.54, 1.807) is 0 Å². The van der Waals surface area contributed by atoms with Crippen LogP contribution in [0.2, 0.25) is 0 Å². The Morgan fingerprint density at radius 3 is 0.529 bits per heavy atom. The van der Waals surface area contributed by atoms with Crippen molar-refractivity contribution in [1.29, 1.82) is 0 Å². The van der Waals surface area contributed by atoms with Gasteiger partial charge in [-0.2, -0.15) is 36.4 Å². The first-order chi connectivity index (χ1) is 24.6. The quantitative estimate of drug-likeness (QED) is 0.124. The van der Waals surface area contributed by atoms with Gasteiger partial charge in [-0.1, -0.05) is 182 Å². The fraction of sp³-hybridized carbons (Fsp3) is 0. The van der Waals surface area contributed by atoms with Crippen LogP contribution in [0.1, 0.15) is 0 Å². The molecule has 0 fully saturated rings. The topological polar surface area (TPSA) is 40.5 Å². The molecule has 0 saturated heterocycles. The second kappa shape index (κ2) is 20.7. The zero-order chi connectivity index (χ0) is 34.7. The van der Waals surface area contributed by atoms with Crippen molar-refractivity contribution >= 4 is 47.8 Å². The summed E-state index contributed by atoms with van der Waals surface area (Å²) in [5.74, 6) is 0. The average Bonchev–Trinajstić information content (AvgIpc) is 4.01. The summed E-state index contributed by atoms with van der Waals surface area (Å²) >= 11 is 0. The van der Waals surface area contributed by atoms with E-state index in [2.05, 4.69) is 0 Å². The molecule has 8 aromatic rings. The van der Waals surface area contributed by atoms with E-state index in [-0.39, 0.29) is 21.7 Å². The second-order valence-electron chi connectivity index (χ2n) is 11.5. The van der Waals surface area contributed by atoms with E-state index < -0.39 is 16.6 Å². The Balaban J connectivity index is 0.000000177. The summed E-state index contributed by atoms with van der Waals surface area (Å²) in [6.07, 6.45) is 0. The third-order valence-corrected chi connectivity index (χ3v) is 15.3. The van der Waals surface area contributed by atoms with Gasteiger partial charge in [0.05, 0.1) is 0 Å². The first kappa shape index (κ1) is 38.9. The van der Waals surface area contributed by atoms with Crippen molar-refractivity contribution in [2.75, 3.05) is 0 Å². The summed E-state index contributed by atoms with van der Waals surface area (Å²) in [7, 11) is -5.76. The third kappa shape index (κ3) is 10.5. The van der Waals surface area contributed by atoms with Gasteiger partial charge in [-0.05, 0) is 31.1 Å². The Morgan fingerprint density at radius 2 is 0.412 bits per heavy atom. The molecule has 51 heavy (non-hydrogen) atoms. The molecule has 0 bridgehead atoms. The predicted octanol–water partition coefficient (Wildman–Crippen LogP) is 6.10. The molecular formula is C46H42O2Si2Ti. The molecule has 0 radical (unpaired) electrons. The standard InChI is InChI=1S/2C18H16OSi.2C5H5.Ti/c2*19-20(16-10-4-1-5-11-16,17-12-6-2-7-13-17)18-14-8-3-9-15-18;2*1-2-4-5-3-1;/h2*1-15,19H;2*1-5H;/q;;2*-1;+2. The van der Waals surface area contributed by atoms with E-state index in [0.717, 1.165) is 31.1 Å². The van der Waals surface area contributed by atoms with Gasteiger partial charge in [0.25, 0.3) is 16.6 Å². The molecule has 2 nitrogen and oxygen atoms in total. The van der Waals surface area contributed by atoms with Gasteiger partial charge in [0.2, 0.25) is 0 Å². The molecule has 0 spiro atoms. The van der Waals surface area contributed by atoms with Crippen LogP contribution in [-0.4, -0.2) is 26.2 Å². The van der Waals surface area contributed by atoms with Gasteiger partial charge in [-0.3, -0.25) is 0 Å². The summed E-state index contributed by atoms with van der Waals surface area (Å²) in [5, 5.41) is 6.07. The smallest absolute Gasteiger partial charge is 0.421 e. The van der Waals surface area contributed by atoms with Gasteiger partial charge < -0.3 is 9.59 Å². The normalized spacial score (nSPS) is 10.4. The summed E-state index contributed by atoms with van der Waals surface area (Å²) < 4.78 is 0. The van der Waals surface area contributed by atoms with Gasteiger partial charge in [0.15, 0.2) is 0 Å². The molecular weight excluding hydrogens is 689 g/mol. The first-order valence-electron chi connectivity index (χ1n) is 16.7. The van der Waals surface area contributed by atoms with Crippen LogP contribution in [0.4, 0.5) is 0 Å². The zero-order valence-corrected chi connectivity index (χ0v) is 32.0. The second-order valence-corrected chi connectivity index (χ2v) is 17.8. The van der Waals surface area contributed by atoms with E-state index in [1.807, 2.05) is 243 Å². The Kier molecular flexibility index (Phi) is 15.8. The van der Waals surface area contributed by atoms with Crippen molar-refractivity contribution in [3.8, 4) is 0 Å². The van der Waals surface area contributed by atoms with Gasteiger partial charge in [-0.25, -0.2) is 24.3 Å². The molecule has 0 atom stereocenters. The fourth-order valence-electron chi connectivity index (χ4n) is 5.72. The van der Waals surface area contributed by atoms with Gasteiger partial charge in [0.1, 0.15) is 0 Å². The molecule has 0 aliphatic rings. The largest absolute Gasteiger partial charge is 2.00 e. The molecule has 0 heterocycles. The van der Waals surface area contributed by atoms with Crippen LogP contribution >= 0.6 is 0 Å². The molecule has 2 N–H and O–H groups in total. The average molecular weight is 731 g/mol. The maximum Gasteiger partial charge on any atom is 2.00 e. The van der Waals surface area contributed by atoms with Crippen LogP contribution in [0.15, 0.2) is 243 Å². The maximum atomic E-state index is 11.6. The molecule has 0 unspecified atom stereocenters. The minimum atomic E-state index is -2.88. The summed E-state index contributed by atoms with van der Waals surface area (Å²) in [5.41, 5.74) is 0. The van der Waals surface area contributed by atoms with Crippen molar-refractivity contribution < 1.29 is 31.3 Å². The Labute approximate surface area is 319 Å². The monoisotopic (exact) mass is 730 g/mol. The molecule has 8 aromatic carbocycles. The van der Waals surface area contributed by atoms with Crippen LogP contribution in [0, 0.1) is 0 Å². The Hall–Kier alpha value is -4.91. The van der Waals surface area contributed by atoms with Crippen molar-refractivity contribution in [2.24, 2.45) is 0 Å². The van der Waals surface area contributed by atoms with Crippen LogP contribution < -0.4 is 31.1 Å². The maximum absolute atomic E-state index is 11.6. The van der Waals surface area contributed by atoms with Crippen LogP contribution in [-0.2, 0) is 21.7 Å². The fourth-order valence-corrected chi connectivity index (χ4v) is 11.8. The molecule has 0 amide bonds. The molecule has 8 rings (SSSR count). The Bertz CT molecular complexity index is 1610. The molecule has 0 saturated carbocycles. The van der Waals surface area contributed by atoms with E-state index in [0.29, 0.717) is 0 Å². The summed E-state index contributed by atoms with van der Waals surface area (Å²) in [4.78, 5) is 23.1. The van der Waals surface area contributed by atoms with E-state index >= 15 is 0 Å². The van der Waals surface area contributed by atoms with Crippen LogP contribution in [0.5, 0.6) is 0 Å². The van der Waals surface area contributed by atoms with Crippen molar-refractivity contribution in [3.63, 3.8) is 0 Å². The van der Waals surface area contributed by atoms with E-state index in [9.17, 15) is 9.59 Å². The predicted molar refractivity (Wildman–Crippen MR) is 216 cm³/mol. The van der Waals surface area contributed by atoms with Crippen molar-refractivity contribution in [3.05, 3.63) is 243 Å². The zero-order valence-electron chi connectivity index (χ0n) is 28.5. The number of hydrogen-bond donors (Lipinski definition) is 2. The SMILES string of the molecule is O[Si](c1ccccc1)(c1ccccc1)c1ccccc1.O[Si](c1ccccc1)(c1ccccc1)c1ccccc1.[Ti+2].c1cc[cH-]c1.c1cc[cH-]c1. The Morgan fingerprint density at radius 1 is 0.255 bits per heavy atom. The summed E-state index contributed by atoms with van der Waals surface area (Å²) in [6.45, 7) is 0. The molecule has 5 heteroatoms. The van der Waals surface area contributed by atoms with Crippen molar-refractivity contribution in [2.45, 2.75) is 0 Å². The van der Waals surface area contributed by atoms with E-state index in [4.69, 9.17) is 0 Å². The minimum absolute atomic E-state index is 0. The van der Waals surface area contributed by atoms with Crippen LogP contribution in [0.3, 0.4) is 0 Å². The minimum Gasteiger partial charge on any atom is -0.421 e. The molecule has 250 valence electrons. The summed E-state index contributed by atoms with van der Waals surface area (Å²) in [6, 6.07) is 79.9. The van der Waals surface area contributed by atoms with Gasteiger partial charge >= 0.3 is 21.7 Å². The third-order valence-electron chi connectivity index (χ3n) is 8.26. The van der Waals surface area contributed by atoms with Gasteiger partial charge in [-0.15, -0.1) is 0 Å². The molecule has 0 aliphatic carbocycles. The first-order valence-corrected chi connectivity index (χ1v) is 20.6. The molecule has 0 aromatic heterocycles. The number of benzene rings is 6. The van der Waals surface area contributed by atoms with Crippen molar-refractivity contribution in [1.82, 2.24) is 0 Å². The molecule has 0 aliphatic heterocycles. The number of rotatable bonds is 6.